The van der Waals surface area contributed by atoms with Crippen molar-refractivity contribution in [3.63, 3.8) is 0 Å². The molecule has 0 unspecified atom stereocenters. The number of para-hydroxylation sites is 1. The van der Waals surface area contributed by atoms with Gasteiger partial charge in [-0.15, -0.1) is 5.11 Å². The Morgan fingerprint density at radius 2 is 1.74 bits per heavy atom. The van der Waals surface area contributed by atoms with Crippen molar-refractivity contribution in [3.8, 4) is 0 Å². The average Bonchev–Trinajstić information content (AvgIpc) is 2.54. The number of hydrogen-bond acceptors (Lipinski definition) is 4. The maximum absolute atomic E-state index is 12.8. The Bertz CT molecular complexity index is 730. The fraction of sp³-hybridized carbons (Fsp3) is 0.133. The van der Waals surface area contributed by atoms with Crippen LogP contribution in [0.4, 0.5) is 24.5 Å². The normalized spacial score (nSPS) is 11.5. The first-order valence-corrected chi connectivity index (χ1v) is 6.44. The summed E-state index contributed by atoms with van der Waals surface area (Å²) in [6.07, 6.45) is -4.53. The predicted octanol–water partition coefficient (Wildman–Crippen LogP) is 4.60. The van der Waals surface area contributed by atoms with Gasteiger partial charge in [0.2, 0.25) is 0 Å². The summed E-state index contributed by atoms with van der Waals surface area (Å²) < 4.78 is 43.1. The van der Waals surface area contributed by atoms with Crippen LogP contribution in [0.25, 0.3) is 0 Å². The molecule has 5 nitrogen and oxygen atoms in total. The first-order valence-electron chi connectivity index (χ1n) is 6.44. The van der Waals surface area contributed by atoms with E-state index in [0.717, 1.165) is 6.07 Å². The summed E-state index contributed by atoms with van der Waals surface area (Å²) >= 11 is 0. The summed E-state index contributed by atoms with van der Waals surface area (Å²) in [7, 11) is 1.22. The number of anilines is 1. The van der Waals surface area contributed by atoms with Gasteiger partial charge in [-0.25, -0.2) is 4.79 Å². The molecule has 0 aliphatic rings. The highest BCUT2D eigenvalue weighted by Gasteiger charge is 2.33. The van der Waals surface area contributed by atoms with Crippen molar-refractivity contribution in [1.82, 2.24) is 0 Å². The molecule has 120 valence electrons. The Morgan fingerprint density at radius 3 is 2.43 bits per heavy atom. The number of carbonyl (C=O) groups excluding carboxylic acids is 1. The third kappa shape index (κ3) is 4.06. The van der Waals surface area contributed by atoms with Crippen molar-refractivity contribution < 1.29 is 22.7 Å². The van der Waals surface area contributed by atoms with Gasteiger partial charge in [-0.1, -0.05) is 29.5 Å². The topological polar surface area (TPSA) is 63.0 Å². The number of carbonyl (C=O) groups is 1. The number of benzene rings is 2. The van der Waals surface area contributed by atoms with E-state index in [1.54, 1.807) is 12.1 Å². The molecule has 2 rings (SSSR count). The van der Waals surface area contributed by atoms with Crippen molar-refractivity contribution in [2.75, 3.05) is 12.5 Å². The van der Waals surface area contributed by atoms with Crippen LogP contribution in [0.5, 0.6) is 0 Å². The number of nitrogens with zero attached hydrogens (tertiary/aromatic N) is 2. The van der Waals surface area contributed by atoms with Crippen LogP contribution >= 0.6 is 0 Å². The van der Waals surface area contributed by atoms with Gasteiger partial charge in [0.05, 0.1) is 29.6 Å². The molecule has 0 atom stereocenters. The molecule has 0 saturated carbocycles. The summed E-state index contributed by atoms with van der Waals surface area (Å²) in [5.74, 6) is -0.598. The van der Waals surface area contributed by atoms with E-state index in [4.69, 9.17) is 0 Å². The van der Waals surface area contributed by atoms with E-state index >= 15 is 0 Å². The summed E-state index contributed by atoms with van der Waals surface area (Å²) in [6.45, 7) is 0. The van der Waals surface area contributed by atoms with Crippen molar-refractivity contribution in [1.29, 1.82) is 0 Å². The maximum Gasteiger partial charge on any atom is 0.418 e. The number of hydrogen-bond donors (Lipinski definition) is 1. The van der Waals surface area contributed by atoms with Crippen LogP contribution in [0.1, 0.15) is 15.9 Å². The van der Waals surface area contributed by atoms with E-state index in [1.807, 2.05) is 0 Å². The van der Waals surface area contributed by atoms with Crippen LogP contribution in [0.15, 0.2) is 58.9 Å². The third-order valence-electron chi connectivity index (χ3n) is 2.87. The Balaban J connectivity index is 2.23. The Kier molecular flexibility index (Phi) is 4.95. The van der Waals surface area contributed by atoms with Crippen LogP contribution in [0.3, 0.4) is 0 Å². The van der Waals surface area contributed by atoms with Crippen molar-refractivity contribution in [2.45, 2.75) is 6.18 Å². The minimum absolute atomic E-state index is 0.193. The first kappa shape index (κ1) is 16.5. The summed E-state index contributed by atoms with van der Waals surface area (Å²) in [4.78, 5) is 11.6. The lowest BCUT2D eigenvalue weighted by atomic mass is 10.2. The van der Waals surface area contributed by atoms with Gasteiger partial charge in [-0.05, 0) is 24.3 Å². The minimum Gasteiger partial charge on any atom is -0.465 e. The second-order valence-electron chi connectivity index (χ2n) is 4.36. The number of esters is 1. The molecule has 0 heterocycles. The van der Waals surface area contributed by atoms with Gasteiger partial charge in [0.25, 0.3) is 0 Å². The first-order chi connectivity index (χ1) is 10.9. The lowest BCUT2D eigenvalue weighted by Gasteiger charge is -2.09. The number of alkyl halides is 3. The van der Waals surface area contributed by atoms with Gasteiger partial charge in [-0.2, -0.15) is 13.2 Å². The highest BCUT2D eigenvalue weighted by atomic mass is 19.4. The number of ether oxygens (including phenoxy) is 1. The predicted molar refractivity (Wildman–Crippen MR) is 77.4 cm³/mol. The van der Waals surface area contributed by atoms with Gasteiger partial charge in [-0.3, -0.25) is 5.43 Å². The molecule has 1 N–H and O–H groups in total. The zero-order valence-electron chi connectivity index (χ0n) is 12.0. The second kappa shape index (κ2) is 6.91. The van der Waals surface area contributed by atoms with Crippen LogP contribution in [-0.4, -0.2) is 13.1 Å². The highest BCUT2D eigenvalue weighted by Crippen LogP contribution is 2.36. The largest absolute Gasteiger partial charge is 0.465 e. The standard InChI is InChI=1S/C15H12F3N3O2/c1-23-14(22)10-6-2-4-8-12(10)19-21-20-13-9-5-3-7-11(13)15(16,17)18/h2-9H,1H3,(H,19,20). The minimum atomic E-state index is -4.53. The zero-order valence-corrected chi connectivity index (χ0v) is 12.0. The average molecular weight is 323 g/mol. The fourth-order valence-electron chi connectivity index (χ4n) is 1.80. The molecule has 0 aliphatic carbocycles. The molecule has 2 aromatic carbocycles. The third-order valence-corrected chi connectivity index (χ3v) is 2.87. The molecule has 0 spiro atoms. The number of methoxy groups -OCH3 is 1. The van der Waals surface area contributed by atoms with E-state index in [9.17, 15) is 18.0 Å². The molecule has 0 saturated heterocycles. The second-order valence-corrected chi connectivity index (χ2v) is 4.36. The van der Waals surface area contributed by atoms with Crippen LogP contribution in [-0.2, 0) is 10.9 Å². The van der Waals surface area contributed by atoms with E-state index < -0.39 is 17.7 Å². The zero-order chi connectivity index (χ0) is 16.9. The molecule has 0 aliphatic heterocycles. The van der Waals surface area contributed by atoms with Gasteiger partial charge >= 0.3 is 12.1 Å². The van der Waals surface area contributed by atoms with Crippen molar-refractivity contribution in [2.24, 2.45) is 10.3 Å². The Hall–Kier alpha value is -2.90. The van der Waals surface area contributed by atoms with E-state index in [0.29, 0.717) is 0 Å². The summed E-state index contributed by atoms with van der Waals surface area (Å²) in [5.41, 5.74) is 1.68. The van der Waals surface area contributed by atoms with Gasteiger partial charge in [0, 0.05) is 0 Å². The smallest absolute Gasteiger partial charge is 0.418 e. The van der Waals surface area contributed by atoms with Crippen LogP contribution < -0.4 is 5.43 Å². The Labute approximate surface area is 129 Å². The summed E-state index contributed by atoms with van der Waals surface area (Å²) in [5, 5.41) is 7.07. The SMILES string of the molecule is COC(=O)c1ccccc1NN=Nc1ccccc1C(F)(F)F. The number of nitrogens with one attached hydrogen (secondary N) is 1. The lowest BCUT2D eigenvalue weighted by Crippen LogP contribution is -2.05. The van der Waals surface area contributed by atoms with E-state index in [-0.39, 0.29) is 16.9 Å². The Morgan fingerprint density at radius 1 is 1.09 bits per heavy atom. The monoisotopic (exact) mass is 323 g/mol. The molecule has 8 heteroatoms. The van der Waals surface area contributed by atoms with Gasteiger partial charge in [0.15, 0.2) is 0 Å². The van der Waals surface area contributed by atoms with Crippen molar-refractivity contribution >= 4 is 17.3 Å². The molecule has 0 radical (unpaired) electrons. The number of rotatable bonds is 4. The lowest BCUT2D eigenvalue weighted by molar-refractivity contribution is -0.137. The quantitative estimate of drug-likeness (QED) is 0.508. The van der Waals surface area contributed by atoms with Gasteiger partial charge in [0.1, 0.15) is 0 Å². The highest BCUT2D eigenvalue weighted by molar-refractivity contribution is 5.95. The molecule has 0 amide bonds. The molecule has 0 aromatic heterocycles. The van der Waals surface area contributed by atoms with Crippen LogP contribution in [0.2, 0.25) is 0 Å². The summed E-state index contributed by atoms with van der Waals surface area (Å²) in [6, 6.07) is 11.1. The molecule has 0 bridgehead atoms. The maximum atomic E-state index is 12.8. The molecule has 23 heavy (non-hydrogen) atoms. The molecule has 0 fully saturated rings. The van der Waals surface area contributed by atoms with Crippen LogP contribution in [0, 0.1) is 0 Å². The molecule has 2 aromatic rings. The van der Waals surface area contributed by atoms with E-state index in [1.165, 1.54) is 37.4 Å². The van der Waals surface area contributed by atoms with Crippen molar-refractivity contribution in [3.05, 3.63) is 59.7 Å². The van der Waals surface area contributed by atoms with E-state index in [2.05, 4.69) is 20.5 Å². The molecular weight excluding hydrogens is 311 g/mol. The van der Waals surface area contributed by atoms with Gasteiger partial charge < -0.3 is 4.74 Å². The number of halogens is 3. The molecular formula is C15H12F3N3O2. The fourth-order valence-corrected chi connectivity index (χ4v) is 1.80.